The predicted molar refractivity (Wildman–Crippen MR) is 120 cm³/mol. The molecule has 0 amide bonds. The summed E-state index contributed by atoms with van der Waals surface area (Å²) in [6, 6.07) is 13.7. The molecule has 0 saturated heterocycles. The van der Waals surface area contributed by atoms with Gasteiger partial charge in [0.2, 0.25) is 5.89 Å². The fourth-order valence-corrected chi connectivity index (χ4v) is 3.81. The van der Waals surface area contributed by atoms with Gasteiger partial charge in [-0.1, -0.05) is 30.9 Å². The van der Waals surface area contributed by atoms with E-state index in [9.17, 15) is 17.6 Å². The number of aromatic nitrogens is 4. The van der Waals surface area contributed by atoms with E-state index in [2.05, 4.69) is 21.8 Å². The highest BCUT2D eigenvalue weighted by Gasteiger charge is 2.35. The lowest BCUT2D eigenvalue weighted by Crippen LogP contribution is -2.05. The Labute approximate surface area is 191 Å². The minimum absolute atomic E-state index is 0.0332. The van der Waals surface area contributed by atoms with Gasteiger partial charge in [-0.05, 0) is 53.1 Å². The van der Waals surface area contributed by atoms with Gasteiger partial charge in [0, 0.05) is 18.2 Å². The van der Waals surface area contributed by atoms with Crippen molar-refractivity contribution in [3.05, 3.63) is 84.4 Å². The monoisotopic (exact) mass is 464 g/mol. The van der Waals surface area contributed by atoms with Crippen LogP contribution >= 0.6 is 0 Å². The number of aryl methyl sites for hydroxylation is 1. The van der Waals surface area contributed by atoms with Crippen LogP contribution in [0.3, 0.4) is 0 Å². The first-order valence-electron chi connectivity index (χ1n) is 10.1. The summed E-state index contributed by atoms with van der Waals surface area (Å²) in [5.74, 6) is 0.0639. The molecule has 0 aliphatic heterocycles. The van der Waals surface area contributed by atoms with E-state index in [1.54, 1.807) is 41.9 Å². The zero-order chi connectivity index (χ0) is 24.0. The molecule has 9 heteroatoms. The molecule has 5 rings (SSSR count). The van der Waals surface area contributed by atoms with Crippen LogP contribution in [0, 0.1) is 5.82 Å². The second-order valence-corrected chi connectivity index (χ2v) is 7.67. The fourth-order valence-electron chi connectivity index (χ4n) is 3.81. The Bertz CT molecular complexity index is 1550. The number of rotatable bonds is 4. The largest absolute Gasteiger partial charge is 0.435 e. The lowest BCUT2D eigenvalue weighted by molar-refractivity contribution is -0.136. The minimum Gasteiger partial charge on any atom is -0.435 e. The van der Waals surface area contributed by atoms with E-state index < -0.39 is 17.6 Å². The van der Waals surface area contributed by atoms with Crippen LogP contribution in [0.1, 0.15) is 11.1 Å². The average molecular weight is 464 g/mol. The highest BCUT2D eigenvalue weighted by Crippen LogP contribution is 2.39. The van der Waals surface area contributed by atoms with Gasteiger partial charge in [0.25, 0.3) is 0 Å². The minimum atomic E-state index is -4.62. The van der Waals surface area contributed by atoms with E-state index >= 15 is 0 Å². The van der Waals surface area contributed by atoms with Gasteiger partial charge in [-0.2, -0.15) is 13.2 Å². The van der Waals surface area contributed by atoms with Gasteiger partial charge in [-0.25, -0.2) is 9.37 Å². The maximum Gasteiger partial charge on any atom is 0.420 e. The lowest BCUT2D eigenvalue weighted by atomic mass is 9.97. The molecule has 0 aliphatic rings. The molecule has 2 aromatic heterocycles. The molecule has 5 aromatic rings. The predicted octanol–water partition coefficient (Wildman–Crippen LogP) is 6.76. The summed E-state index contributed by atoms with van der Waals surface area (Å²) in [5, 5.41) is 7.93. The molecule has 0 bridgehead atoms. The summed E-state index contributed by atoms with van der Waals surface area (Å²) < 4.78 is 62.1. The Balaban J connectivity index is 1.66. The van der Waals surface area contributed by atoms with Crippen LogP contribution in [-0.4, -0.2) is 19.7 Å². The molecule has 0 aliphatic carbocycles. The summed E-state index contributed by atoms with van der Waals surface area (Å²) in [5.41, 5.74) is 1.43. The van der Waals surface area contributed by atoms with Crippen LogP contribution in [0.4, 0.5) is 17.6 Å². The number of oxazole rings is 1. The number of nitrogens with zero attached hydrogens (tertiary/aromatic N) is 4. The maximum absolute atomic E-state index is 14.1. The summed E-state index contributed by atoms with van der Waals surface area (Å²) in [4.78, 5) is 4.30. The summed E-state index contributed by atoms with van der Waals surface area (Å²) in [6.45, 7) is 3.55. The van der Waals surface area contributed by atoms with Crippen LogP contribution < -0.4 is 0 Å². The molecule has 0 atom stereocenters. The number of fused-ring (bicyclic) bond motifs is 1. The first-order valence-corrected chi connectivity index (χ1v) is 10.1. The summed E-state index contributed by atoms with van der Waals surface area (Å²) >= 11 is 0. The highest BCUT2D eigenvalue weighted by molar-refractivity contribution is 5.85. The van der Waals surface area contributed by atoms with Crippen molar-refractivity contribution in [1.29, 1.82) is 0 Å². The van der Waals surface area contributed by atoms with Crippen molar-refractivity contribution in [3.8, 4) is 34.0 Å². The van der Waals surface area contributed by atoms with Crippen LogP contribution in [0.25, 0.3) is 51.1 Å². The Hall–Kier alpha value is -4.27. The standard InChI is InChI=1S/C25H16F4N4O/c1-3-14-9-20(25(27,28)29)22-21(10-14)31-24(34-22)16-6-4-5-15(11-16)18-8-7-17(26)12-19(18)23-32-30-13-33(23)2/h3-13H,1H2,2H3. The van der Waals surface area contributed by atoms with Crippen LogP contribution in [0.15, 0.2) is 71.9 Å². The molecule has 0 unspecified atom stereocenters. The van der Waals surface area contributed by atoms with Gasteiger partial charge in [0.05, 0.1) is 0 Å². The molecule has 0 N–H and O–H groups in total. The van der Waals surface area contributed by atoms with Gasteiger partial charge < -0.3 is 8.98 Å². The Kier molecular flexibility index (Phi) is 5.04. The van der Waals surface area contributed by atoms with E-state index in [4.69, 9.17) is 4.42 Å². The normalized spacial score (nSPS) is 11.8. The molecule has 0 radical (unpaired) electrons. The summed E-state index contributed by atoms with van der Waals surface area (Å²) in [7, 11) is 1.74. The van der Waals surface area contributed by atoms with Gasteiger partial charge in [-0.15, -0.1) is 10.2 Å². The fraction of sp³-hybridized carbons (Fsp3) is 0.0800. The number of hydrogen-bond donors (Lipinski definition) is 0. The SMILES string of the molecule is C=Cc1cc(C(F)(F)F)c2oc(-c3cccc(-c4ccc(F)cc4-c4nncn4C)c3)nc2c1. The van der Waals surface area contributed by atoms with Gasteiger partial charge >= 0.3 is 6.18 Å². The van der Waals surface area contributed by atoms with E-state index in [-0.39, 0.29) is 22.6 Å². The van der Waals surface area contributed by atoms with Gasteiger partial charge in [0.1, 0.15) is 23.2 Å². The van der Waals surface area contributed by atoms with Crippen LogP contribution in [-0.2, 0) is 13.2 Å². The second kappa shape index (κ2) is 7.95. The second-order valence-electron chi connectivity index (χ2n) is 7.67. The molecule has 0 saturated carbocycles. The molecule has 170 valence electrons. The molecule has 0 fully saturated rings. The topological polar surface area (TPSA) is 56.7 Å². The summed E-state index contributed by atoms with van der Waals surface area (Å²) in [6.07, 6.45) is -1.78. The molecular formula is C25H16F4N4O. The lowest BCUT2D eigenvalue weighted by Gasteiger charge is -2.10. The van der Waals surface area contributed by atoms with Crippen molar-refractivity contribution >= 4 is 17.2 Å². The number of benzene rings is 3. The van der Waals surface area contributed by atoms with Crippen molar-refractivity contribution in [2.75, 3.05) is 0 Å². The zero-order valence-electron chi connectivity index (χ0n) is 17.8. The first-order chi connectivity index (χ1) is 16.2. The Morgan fingerprint density at radius 3 is 2.50 bits per heavy atom. The number of hydrogen-bond acceptors (Lipinski definition) is 4. The van der Waals surface area contributed by atoms with Crippen LogP contribution in [0.2, 0.25) is 0 Å². The van der Waals surface area contributed by atoms with Gasteiger partial charge in [0.15, 0.2) is 11.4 Å². The van der Waals surface area contributed by atoms with Gasteiger partial charge in [-0.3, -0.25) is 0 Å². The van der Waals surface area contributed by atoms with Crippen molar-refractivity contribution in [2.24, 2.45) is 7.05 Å². The van der Waals surface area contributed by atoms with Crippen molar-refractivity contribution < 1.29 is 22.0 Å². The van der Waals surface area contributed by atoms with Crippen molar-refractivity contribution in [3.63, 3.8) is 0 Å². The third-order valence-electron chi connectivity index (χ3n) is 5.41. The molecule has 34 heavy (non-hydrogen) atoms. The molecule has 3 aromatic carbocycles. The molecule has 5 nitrogen and oxygen atoms in total. The molecule has 2 heterocycles. The van der Waals surface area contributed by atoms with E-state index in [1.807, 2.05) is 0 Å². The number of alkyl halides is 3. The Morgan fingerprint density at radius 2 is 1.79 bits per heavy atom. The first kappa shape index (κ1) is 21.6. The van der Waals surface area contributed by atoms with Crippen molar-refractivity contribution in [1.82, 2.24) is 19.7 Å². The third kappa shape index (κ3) is 3.75. The van der Waals surface area contributed by atoms with E-state index in [0.717, 1.165) is 6.07 Å². The molecular weight excluding hydrogens is 448 g/mol. The van der Waals surface area contributed by atoms with E-state index in [0.29, 0.717) is 28.1 Å². The quantitative estimate of drug-likeness (QED) is 0.276. The third-order valence-corrected chi connectivity index (χ3v) is 5.41. The zero-order valence-corrected chi connectivity index (χ0v) is 17.8. The average Bonchev–Trinajstić information content (AvgIpc) is 3.43. The van der Waals surface area contributed by atoms with Crippen molar-refractivity contribution in [2.45, 2.75) is 6.18 Å². The molecule has 0 spiro atoms. The number of halogens is 4. The highest BCUT2D eigenvalue weighted by atomic mass is 19.4. The maximum atomic E-state index is 14.1. The van der Waals surface area contributed by atoms with Crippen LogP contribution in [0.5, 0.6) is 0 Å². The van der Waals surface area contributed by atoms with E-state index in [1.165, 1.54) is 30.6 Å². The Morgan fingerprint density at radius 1 is 1.00 bits per heavy atom. The smallest absolute Gasteiger partial charge is 0.420 e.